The second kappa shape index (κ2) is 7.62. The van der Waals surface area contributed by atoms with Crippen LogP contribution in [0.4, 0.5) is 13.2 Å². The highest BCUT2D eigenvalue weighted by Crippen LogP contribution is 2.53. The highest BCUT2D eigenvalue weighted by atomic mass is 19.4. The van der Waals surface area contributed by atoms with E-state index in [9.17, 15) is 32.8 Å². The summed E-state index contributed by atoms with van der Waals surface area (Å²) in [6.45, 7) is 4.04. The van der Waals surface area contributed by atoms with Crippen LogP contribution in [0.2, 0.25) is 0 Å². The normalized spacial score (nSPS) is 30.5. The molecule has 0 bridgehead atoms. The molecule has 1 saturated carbocycles. The van der Waals surface area contributed by atoms with Crippen molar-refractivity contribution >= 4 is 11.8 Å². The summed E-state index contributed by atoms with van der Waals surface area (Å²) in [6.07, 6.45) is -4.76. The molecule has 154 valence electrons. The Bertz CT molecular complexity index is 760. The van der Waals surface area contributed by atoms with Gasteiger partial charge >= 0.3 is 12.1 Å². The van der Waals surface area contributed by atoms with Crippen LogP contribution in [0.3, 0.4) is 0 Å². The number of nitrogens with zero attached hydrogens (tertiary/aromatic N) is 1. The molecular weight excluding hydrogens is 379 g/mol. The summed E-state index contributed by atoms with van der Waals surface area (Å²) < 4.78 is 43.8. The summed E-state index contributed by atoms with van der Waals surface area (Å²) in [6, 6.07) is 2.38. The Morgan fingerprint density at radius 1 is 1.25 bits per heavy atom. The first-order chi connectivity index (χ1) is 12.9. The van der Waals surface area contributed by atoms with Gasteiger partial charge in [-0.25, -0.2) is 0 Å². The van der Waals surface area contributed by atoms with Gasteiger partial charge in [0.1, 0.15) is 17.2 Å². The molecule has 0 heterocycles. The van der Waals surface area contributed by atoms with Crippen LogP contribution in [0.25, 0.3) is 0 Å². The number of carbonyl (C=O) groups excluding carboxylic acids is 2. The van der Waals surface area contributed by atoms with E-state index in [0.29, 0.717) is 0 Å². The number of halogens is 3. The molecule has 0 unspecified atom stereocenters. The summed E-state index contributed by atoms with van der Waals surface area (Å²) >= 11 is 0. The van der Waals surface area contributed by atoms with Crippen molar-refractivity contribution in [2.45, 2.75) is 57.3 Å². The van der Waals surface area contributed by atoms with Crippen LogP contribution < -0.4 is 0 Å². The molecule has 0 aromatic heterocycles. The molecule has 1 N–H and O–H groups in total. The SMILES string of the molecule is CCOC(=O)[C@]1(C(C)=O)CC[C@@](C)(O)[C@@H](N=O)[C@@H]1c1ccc(C(F)(F)F)cc1. The fraction of sp³-hybridized carbons (Fsp3) is 0.579. The molecule has 0 spiro atoms. The number of alkyl halides is 3. The van der Waals surface area contributed by atoms with Crippen molar-refractivity contribution in [3.05, 3.63) is 40.3 Å². The van der Waals surface area contributed by atoms with E-state index in [4.69, 9.17) is 4.74 Å². The minimum absolute atomic E-state index is 0.0246. The Morgan fingerprint density at radius 3 is 2.25 bits per heavy atom. The molecule has 1 aromatic carbocycles. The fourth-order valence-electron chi connectivity index (χ4n) is 3.93. The van der Waals surface area contributed by atoms with Gasteiger partial charge in [0.2, 0.25) is 0 Å². The number of rotatable bonds is 5. The zero-order valence-corrected chi connectivity index (χ0v) is 15.7. The van der Waals surface area contributed by atoms with Gasteiger partial charge < -0.3 is 9.84 Å². The molecule has 0 aliphatic heterocycles. The van der Waals surface area contributed by atoms with Gasteiger partial charge in [-0.3, -0.25) is 9.59 Å². The van der Waals surface area contributed by atoms with Crippen LogP contribution in [0.15, 0.2) is 29.4 Å². The van der Waals surface area contributed by atoms with Crippen molar-refractivity contribution in [3.63, 3.8) is 0 Å². The third kappa shape index (κ3) is 3.67. The fourth-order valence-corrected chi connectivity index (χ4v) is 3.93. The number of hydrogen-bond donors (Lipinski definition) is 1. The number of Topliss-reactive ketones (excluding diaryl/α,β-unsaturated/α-hetero) is 1. The number of hydrogen-bond acceptors (Lipinski definition) is 6. The molecule has 0 radical (unpaired) electrons. The second-order valence-electron chi connectivity index (χ2n) is 7.25. The van der Waals surface area contributed by atoms with Crippen molar-refractivity contribution in [2.24, 2.45) is 10.6 Å². The Morgan fingerprint density at radius 2 is 1.82 bits per heavy atom. The molecule has 4 atom stereocenters. The second-order valence-corrected chi connectivity index (χ2v) is 7.25. The quantitative estimate of drug-likeness (QED) is 0.462. The van der Waals surface area contributed by atoms with Gasteiger partial charge in [0.15, 0.2) is 0 Å². The summed E-state index contributed by atoms with van der Waals surface area (Å²) in [5.74, 6) is -2.73. The van der Waals surface area contributed by atoms with Gasteiger partial charge in [-0.05, 0) is 51.3 Å². The van der Waals surface area contributed by atoms with Crippen molar-refractivity contribution < 1.29 is 32.6 Å². The van der Waals surface area contributed by atoms with E-state index in [1.807, 2.05) is 0 Å². The molecule has 1 fully saturated rings. The number of ether oxygens (including phenoxy) is 1. The van der Waals surface area contributed by atoms with Gasteiger partial charge in [0.05, 0.1) is 17.8 Å². The van der Waals surface area contributed by atoms with E-state index in [2.05, 4.69) is 5.18 Å². The van der Waals surface area contributed by atoms with E-state index in [1.165, 1.54) is 6.92 Å². The van der Waals surface area contributed by atoms with Crippen LogP contribution in [0.1, 0.15) is 50.7 Å². The van der Waals surface area contributed by atoms with Crippen LogP contribution in [-0.4, -0.2) is 35.1 Å². The highest BCUT2D eigenvalue weighted by Gasteiger charge is 2.62. The maximum atomic E-state index is 12.9. The van der Waals surface area contributed by atoms with Crippen LogP contribution in [0.5, 0.6) is 0 Å². The summed E-state index contributed by atoms with van der Waals surface area (Å²) in [7, 11) is 0. The van der Waals surface area contributed by atoms with Gasteiger partial charge in [-0.1, -0.05) is 17.3 Å². The molecule has 2 rings (SSSR count). The standard InChI is InChI=1S/C19H22F3NO5/c1-4-28-16(25)18(11(2)24)10-9-17(3,26)15(23-27)14(18)12-5-7-13(8-6-12)19(20,21)22/h5-8,14-15,26H,4,9-10H2,1-3H3/t14-,15-,17+,18-/m0/s1. The zero-order chi connectivity index (χ0) is 21.3. The molecule has 0 amide bonds. The van der Waals surface area contributed by atoms with Crippen LogP contribution >= 0.6 is 0 Å². The highest BCUT2D eigenvalue weighted by molar-refractivity contribution is 6.04. The lowest BCUT2D eigenvalue weighted by atomic mass is 9.56. The average molecular weight is 401 g/mol. The number of carbonyl (C=O) groups is 2. The van der Waals surface area contributed by atoms with E-state index >= 15 is 0 Å². The Hall–Kier alpha value is -2.29. The minimum atomic E-state index is -4.57. The lowest BCUT2D eigenvalue weighted by Gasteiger charge is -2.48. The summed E-state index contributed by atoms with van der Waals surface area (Å²) in [4.78, 5) is 37.0. The average Bonchev–Trinajstić information content (AvgIpc) is 2.60. The lowest BCUT2D eigenvalue weighted by molar-refractivity contribution is -0.169. The molecular formula is C19H22F3NO5. The van der Waals surface area contributed by atoms with Gasteiger partial charge in [0.25, 0.3) is 0 Å². The largest absolute Gasteiger partial charge is 0.465 e. The molecule has 1 aromatic rings. The first kappa shape index (κ1) is 22.0. The van der Waals surface area contributed by atoms with Crippen molar-refractivity contribution in [1.29, 1.82) is 0 Å². The molecule has 6 nitrogen and oxygen atoms in total. The van der Waals surface area contributed by atoms with Gasteiger partial charge in [0, 0.05) is 5.92 Å². The molecule has 1 aliphatic carbocycles. The first-order valence-electron chi connectivity index (χ1n) is 8.82. The third-order valence-electron chi connectivity index (χ3n) is 5.49. The number of benzene rings is 1. The third-order valence-corrected chi connectivity index (χ3v) is 5.49. The minimum Gasteiger partial charge on any atom is -0.465 e. The van der Waals surface area contributed by atoms with Crippen molar-refractivity contribution in [1.82, 2.24) is 0 Å². The molecule has 9 heteroatoms. The van der Waals surface area contributed by atoms with Gasteiger partial charge in [-0.15, -0.1) is 0 Å². The maximum absolute atomic E-state index is 12.9. The van der Waals surface area contributed by atoms with Crippen LogP contribution in [0, 0.1) is 10.3 Å². The number of nitroso groups, excluding NO2 is 1. The molecule has 0 saturated heterocycles. The van der Waals surface area contributed by atoms with Gasteiger partial charge in [-0.2, -0.15) is 18.1 Å². The lowest BCUT2D eigenvalue weighted by Crippen LogP contribution is -2.58. The van der Waals surface area contributed by atoms with Crippen molar-refractivity contribution in [2.75, 3.05) is 6.61 Å². The van der Waals surface area contributed by atoms with E-state index in [0.717, 1.165) is 31.2 Å². The monoisotopic (exact) mass is 401 g/mol. The van der Waals surface area contributed by atoms with E-state index in [-0.39, 0.29) is 25.0 Å². The Labute approximate surface area is 160 Å². The topological polar surface area (TPSA) is 93.0 Å². The summed E-state index contributed by atoms with van der Waals surface area (Å²) in [5.41, 5.74) is -4.25. The zero-order valence-electron chi connectivity index (χ0n) is 15.7. The number of aliphatic hydroxyl groups is 1. The Balaban J connectivity index is 2.69. The maximum Gasteiger partial charge on any atom is 0.416 e. The van der Waals surface area contributed by atoms with E-state index < -0.39 is 46.5 Å². The van der Waals surface area contributed by atoms with Crippen LogP contribution in [-0.2, 0) is 20.5 Å². The predicted molar refractivity (Wildman–Crippen MR) is 93.4 cm³/mol. The van der Waals surface area contributed by atoms with E-state index in [1.54, 1.807) is 6.92 Å². The Kier molecular flexibility index (Phi) is 5.98. The first-order valence-corrected chi connectivity index (χ1v) is 8.82. The number of ketones is 1. The predicted octanol–water partition coefficient (Wildman–Crippen LogP) is 3.61. The summed E-state index contributed by atoms with van der Waals surface area (Å²) in [5, 5.41) is 13.6. The molecule has 1 aliphatic rings. The molecule has 28 heavy (non-hydrogen) atoms. The number of esters is 1. The van der Waals surface area contributed by atoms with Crippen molar-refractivity contribution in [3.8, 4) is 0 Å². The smallest absolute Gasteiger partial charge is 0.416 e.